The van der Waals surface area contributed by atoms with Gasteiger partial charge in [0.1, 0.15) is 0 Å². The highest BCUT2D eigenvalue weighted by Crippen LogP contribution is 2.38. The van der Waals surface area contributed by atoms with Gasteiger partial charge in [0.2, 0.25) is 0 Å². The van der Waals surface area contributed by atoms with Crippen LogP contribution in [0.15, 0.2) is 34.9 Å². The quantitative estimate of drug-likeness (QED) is 0.911. The van der Waals surface area contributed by atoms with Gasteiger partial charge in [-0.25, -0.2) is 0 Å². The fourth-order valence-electron chi connectivity index (χ4n) is 2.73. The van der Waals surface area contributed by atoms with Gasteiger partial charge in [-0.15, -0.1) is 0 Å². The molecule has 0 radical (unpaired) electrons. The van der Waals surface area contributed by atoms with E-state index in [-0.39, 0.29) is 0 Å². The molecule has 0 saturated carbocycles. The molecule has 2 aromatic rings. The predicted molar refractivity (Wildman–Crippen MR) is 78.5 cm³/mol. The maximum atomic E-state index is 11.4. The van der Waals surface area contributed by atoms with Crippen molar-refractivity contribution in [2.45, 2.75) is 18.9 Å². The van der Waals surface area contributed by atoms with Gasteiger partial charge < -0.3 is 9.84 Å². The van der Waals surface area contributed by atoms with Gasteiger partial charge in [-0.2, -0.15) is 0 Å². The van der Waals surface area contributed by atoms with Crippen LogP contribution in [0.4, 0.5) is 0 Å². The standard InChI is InChI=1S/C15H14BrNO3/c16-12-6-5-10(13-9(12)3-1-7-17-13)14-11(15(18)19)4-2-8-20-14/h1,3,5-7,11,14H,2,4,8H2,(H,18,19). The molecule has 0 amide bonds. The van der Waals surface area contributed by atoms with Gasteiger partial charge in [0.05, 0.1) is 17.5 Å². The lowest BCUT2D eigenvalue weighted by Gasteiger charge is -2.29. The highest BCUT2D eigenvalue weighted by molar-refractivity contribution is 9.10. The molecule has 1 N–H and O–H groups in total. The second-order valence-corrected chi connectivity index (χ2v) is 5.77. The lowest BCUT2D eigenvalue weighted by Crippen LogP contribution is -2.29. The molecule has 0 bridgehead atoms. The molecule has 5 heteroatoms. The Morgan fingerprint density at radius 3 is 3.05 bits per heavy atom. The van der Waals surface area contributed by atoms with Crippen molar-refractivity contribution >= 4 is 32.8 Å². The highest BCUT2D eigenvalue weighted by atomic mass is 79.9. The Labute approximate surface area is 124 Å². The number of ether oxygens (including phenoxy) is 1. The third kappa shape index (κ3) is 2.31. The van der Waals surface area contributed by atoms with Crippen LogP contribution in [0.25, 0.3) is 10.9 Å². The zero-order chi connectivity index (χ0) is 14.1. The third-order valence-corrected chi connectivity index (χ3v) is 4.39. The molecule has 3 rings (SSSR count). The number of carboxylic acids is 1. The van der Waals surface area contributed by atoms with E-state index in [1.54, 1.807) is 6.20 Å². The summed E-state index contributed by atoms with van der Waals surface area (Å²) in [7, 11) is 0. The van der Waals surface area contributed by atoms with Crippen LogP contribution < -0.4 is 0 Å². The molecule has 2 unspecified atom stereocenters. The van der Waals surface area contributed by atoms with Crippen LogP contribution in [-0.4, -0.2) is 22.7 Å². The van der Waals surface area contributed by atoms with Crippen LogP contribution in [0, 0.1) is 5.92 Å². The van der Waals surface area contributed by atoms with E-state index in [0.29, 0.717) is 13.0 Å². The Bertz CT molecular complexity index is 659. The Hall–Kier alpha value is -1.46. The SMILES string of the molecule is O=C(O)C1CCCOC1c1ccc(Br)c2cccnc12. The van der Waals surface area contributed by atoms with Gasteiger partial charge in [0.15, 0.2) is 0 Å². The number of fused-ring (bicyclic) bond motifs is 1. The maximum Gasteiger partial charge on any atom is 0.309 e. The Morgan fingerprint density at radius 1 is 1.40 bits per heavy atom. The summed E-state index contributed by atoms with van der Waals surface area (Å²) in [5.74, 6) is -1.31. The first-order chi connectivity index (χ1) is 9.68. The van der Waals surface area contributed by atoms with Gasteiger partial charge in [0.25, 0.3) is 0 Å². The number of halogens is 1. The Morgan fingerprint density at radius 2 is 2.25 bits per heavy atom. The van der Waals surface area contributed by atoms with Gasteiger partial charge in [-0.1, -0.05) is 28.1 Å². The van der Waals surface area contributed by atoms with Gasteiger partial charge in [-0.3, -0.25) is 9.78 Å². The topological polar surface area (TPSA) is 59.4 Å². The molecule has 1 aromatic heterocycles. The molecule has 104 valence electrons. The summed E-state index contributed by atoms with van der Waals surface area (Å²) in [6.45, 7) is 0.596. The molecule has 2 heterocycles. The maximum absolute atomic E-state index is 11.4. The minimum absolute atomic E-state index is 0.424. The molecule has 2 atom stereocenters. The van der Waals surface area contributed by atoms with Crippen LogP contribution in [-0.2, 0) is 9.53 Å². The smallest absolute Gasteiger partial charge is 0.309 e. The summed E-state index contributed by atoms with van der Waals surface area (Å²) in [6, 6.07) is 7.67. The fourth-order valence-corrected chi connectivity index (χ4v) is 3.18. The number of aromatic nitrogens is 1. The third-order valence-electron chi connectivity index (χ3n) is 3.69. The summed E-state index contributed by atoms with van der Waals surface area (Å²) in [5.41, 5.74) is 1.66. The predicted octanol–water partition coefficient (Wildman–Crippen LogP) is 3.55. The molecule has 0 spiro atoms. The van der Waals surface area contributed by atoms with Crippen molar-refractivity contribution in [1.82, 2.24) is 4.98 Å². The van der Waals surface area contributed by atoms with Crippen LogP contribution in [0.1, 0.15) is 24.5 Å². The lowest BCUT2D eigenvalue weighted by molar-refractivity contribution is -0.151. The van der Waals surface area contributed by atoms with Gasteiger partial charge >= 0.3 is 5.97 Å². The molecule has 1 fully saturated rings. The number of carbonyl (C=O) groups is 1. The van der Waals surface area contributed by atoms with Crippen LogP contribution >= 0.6 is 15.9 Å². The lowest BCUT2D eigenvalue weighted by atomic mass is 9.88. The van der Waals surface area contributed by atoms with E-state index in [1.165, 1.54) is 0 Å². The first-order valence-corrected chi connectivity index (χ1v) is 7.35. The Kier molecular flexibility index (Phi) is 3.72. The number of aliphatic carboxylic acids is 1. The minimum Gasteiger partial charge on any atom is -0.481 e. The molecule has 20 heavy (non-hydrogen) atoms. The van der Waals surface area contributed by atoms with Crippen molar-refractivity contribution in [2.75, 3.05) is 6.61 Å². The normalized spacial score (nSPS) is 22.9. The molecular weight excluding hydrogens is 322 g/mol. The van der Waals surface area contributed by atoms with Crippen molar-refractivity contribution < 1.29 is 14.6 Å². The number of carboxylic acid groups (broad SMARTS) is 1. The highest BCUT2D eigenvalue weighted by Gasteiger charge is 2.34. The first kappa shape index (κ1) is 13.5. The van der Waals surface area contributed by atoms with Gasteiger partial charge in [-0.05, 0) is 25.0 Å². The Balaban J connectivity index is 2.13. The van der Waals surface area contributed by atoms with Crippen molar-refractivity contribution in [3.63, 3.8) is 0 Å². The molecule has 4 nitrogen and oxygen atoms in total. The van der Waals surface area contributed by atoms with E-state index in [1.807, 2.05) is 24.3 Å². The zero-order valence-corrected chi connectivity index (χ0v) is 12.3. The molecule has 0 aliphatic carbocycles. The van der Waals surface area contributed by atoms with E-state index < -0.39 is 18.0 Å². The summed E-state index contributed by atoms with van der Waals surface area (Å²) >= 11 is 3.50. The number of pyridine rings is 1. The van der Waals surface area contributed by atoms with Crippen molar-refractivity contribution in [3.05, 3.63) is 40.5 Å². The van der Waals surface area contributed by atoms with Crippen molar-refractivity contribution in [1.29, 1.82) is 0 Å². The average molecular weight is 336 g/mol. The van der Waals surface area contributed by atoms with Crippen LogP contribution in [0.2, 0.25) is 0 Å². The summed E-state index contributed by atoms with van der Waals surface area (Å²) < 4.78 is 6.70. The summed E-state index contributed by atoms with van der Waals surface area (Å²) in [6.07, 6.45) is 2.73. The van der Waals surface area contributed by atoms with Gasteiger partial charge in [0, 0.05) is 28.2 Å². The largest absolute Gasteiger partial charge is 0.481 e. The van der Waals surface area contributed by atoms with Crippen LogP contribution in [0.5, 0.6) is 0 Å². The van der Waals surface area contributed by atoms with E-state index >= 15 is 0 Å². The van der Waals surface area contributed by atoms with E-state index in [9.17, 15) is 9.90 Å². The van der Waals surface area contributed by atoms with Crippen molar-refractivity contribution in [3.8, 4) is 0 Å². The molecule has 1 saturated heterocycles. The molecule has 1 aromatic carbocycles. The van der Waals surface area contributed by atoms with E-state index in [0.717, 1.165) is 27.4 Å². The van der Waals surface area contributed by atoms with E-state index in [2.05, 4.69) is 20.9 Å². The second-order valence-electron chi connectivity index (χ2n) is 4.91. The average Bonchev–Trinajstić information content (AvgIpc) is 2.48. The molecule has 1 aliphatic rings. The molecular formula is C15H14BrNO3. The minimum atomic E-state index is -0.804. The summed E-state index contributed by atoms with van der Waals surface area (Å²) in [5, 5.41) is 10.4. The second kappa shape index (κ2) is 5.50. The number of benzene rings is 1. The summed E-state index contributed by atoms with van der Waals surface area (Å²) in [4.78, 5) is 15.8. The van der Waals surface area contributed by atoms with Crippen LogP contribution in [0.3, 0.4) is 0 Å². The number of hydrogen-bond donors (Lipinski definition) is 1. The van der Waals surface area contributed by atoms with E-state index in [4.69, 9.17) is 4.74 Å². The molecule has 1 aliphatic heterocycles. The van der Waals surface area contributed by atoms with Crippen molar-refractivity contribution in [2.24, 2.45) is 5.92 Å². The first-order valence-electron chi connectivity index (χ1n) is 6.56. The number of hydrogen-bond acceptors (Lipinski definition) is 3. The zero-order valence-electron chi connectivity index (χ0n) is 10.8. The number of rotatable bonds is 2. The fraction of sp³-hybridized carbons (Fsp3) is 0.333. The number of nitrogens with zero attached hydrogens (tertiary/aromatic N) is 1. The monoisotopic (exact) mass is 335 g/mol.